The molecule has 0 aromatic heterocycles. The van der Waals surface area contributed by atoms with Crippen molar-refractivity contribution in [3.8, 4) is 0 Å². The van der Waals surface area contributed by atoms with Gasteiger partial charge in [0.2, 0.25) is 5.91 Å². The summed E-state index contributed by atoms with van der Waals surface area (Å²) in [4.78, 5) is 16.4. The summed E-state index contributed by atoms with van der Waals surface area (Å²) < 4.78 is 0. The van der Waals surface area contributed by atoms with Crippen molar-refractivity contribution >= 4 is 59.2 Å². The van der Waals surface area contributed by atoms with Gasteiger partial charge in [-0.05, 0) is 31.2 Å². The first kappa shape index (κ1) is 22.3. The molecule has 1 amide bonds. The molecule has 0 bridgehead atoms. The van der Waals surface area contributed by atoms with Crippen LogP contribution < -0.4 is 16.0 Å². The second kappa shape index (κ2) is 13.7. The van der Waals surface area contributed by atoms with Gasteiger partial charge in [0, 0.05) is 42.2 Å². The van der Waals surface area contributed by atoms with Crippen LogP contribution in [0.25, 0.3) is 0 Å². The molecular formula is C15H24ClIN4OS. The zero-order valence-electron chi connectivity index (χ0n) is 13.4. The van der Waals surface area contributed by atoms with Crippen molar-refractivity contribution < 1.29 is 4.79 Å². The highest BCUT2D eigenvalue weighted by molar-refractivity contribution is 14.0. The van der Waals surface area contributed by atoms with Crippen LogP contribution in [0.15, 0.2) is 34.2 Å². The molecule has 8 heteroatoms. The summed E-state index contributed by atoms with van der Waals surface area (Å²) in [6, 6.07) is 7.81. The fraction of sp³-hybridized carbons (Fsp3) is 0.467. The molecule has 1 aromatic carbocycles. The van der Waals surface area contributed by atoms with Crippen molar-refractivity contribution in [2.24, 2.45) is 4.99 Å². The molecule has 5 nitrogen and oxygen atoms in total. The fourth-order valence-electron chi connectivity index (χ4n) is 1.61. The number of carbonyl (C=O) groups is 1. The minimum atomic E-state index is -0.0347. The van der Waals surface area contributed by atoms with Gasteiger partial charge in [0.05, 0.1) is 6.54 Å². The lowest BCUT2D eigenvalue weighted by Gasteiger charge is -2.11. The Morgan fingerprint density at radius 2 is 1.87 bits per heavy atom. The predicted molar refractivity (Wildman–Crippen MR) is 110 cm³/mol. The van der Waals surface area contributed by atoms with Gasteiger partial charge in [-0.2, -0.15) is 0 Å². The Balaban J connectivity index is 0.00000484. The zero-order valence-corrected chi connectivity index (χ0v) is 17.3. The molecule has 0 aliphatic heterocycles. The number of nitrogens with zero attached hydrogens (tertiary/aromatic N) is 1. The molecule has 0 aliphatic carbocycles. The number of guanidine groups is 1. The number of amides is 1. The lowest BCUT2D eigenvalue weighted by atomic mass is 10.4. The van der Waals surface area contributed by atoms with Gasteiger partial charge < -0.3 is 16.0 Å². The average Bonchev–Trinajstić information content (AvgIpc) is 2.49. The van der Waals surface area contributed by atoms with Gasteiger partial charge in [0.1, 0.15) is 0 Å². The Morgan fingerprint density at radius 3 is 2.48 bits per heavy atom. The maximum Gasteiger partial charge on any atom is 0.216 e. The Kier molecular flexibility index (Phi) is 13.3. The molecule has 23 heavy (non-hydrogen) atoms. The number of carbonyl (C=O) groups excluding carboxylic acids is 1. The molecule has 0 atom stereocenters. The third-order valence-electron chi connectivity index (χ3n) is 2.58. The normalized spacial score (nSPS) is 10.7. The van der Waals surface area contributed by atoms with Crippen molar-refractivity contribution in [1.29, 1.82) is 0 Å². The molecule has 0 spiro atoms. The second-order valence-corrected chi connectivity index (χ2v) is 6.08. The van der Waals surface area contributed by atoms with Crippen molar-refractivity contribution in [2.45, 2.75) is 18.7 Å². The maximum absolute atomic E-state index is 10.8. The lowest BCUT2D eigenvalue weighted by Crippen LogP contribution is -2.39. The van der Waals surface area contributed by atoms with Crippen molar-refractivity contribution in [2.75, 3.05) is 31.9 Å². The monoisotopic (exact) mass is 470 g/mol. The quantitative estimate of drug-likeness (QED) is 0.180. The fourth-order valence-corrected chi connectivity index (χ4v) is 2.50. The van der Waals surface area contributed by atoms with Gasteiger partial charge in [-0.15, -0.1) is 35.7 Å². The van der Waals surface area contributed by atoms with E-state index in [1.54, 1.807) is 11.8 Å². The maximum atomic E-state index is 10.8. The van der Waals surface area contributed by atoms with E-state index in [-0.39, 0.29) is 29.9 Å². The van der Waals surface area contributed by atoms with E-state index in [0.717, 1.165) is 29.8 Å². The summed E-state index contributed by atoms with van der Waals surface area (Å²) in [7, 11) is 0. The molecule has 1 rings (SSSR count). The van der Waals surface area contributed by atoms with Gasteiger partial charge in [-0.3, -0.25) is 9.79 Å². The number of hydrogen-bond donors (Lipinski definition) is 3. The van der Waals surface area contributed by atoms with Gasteiger partial charge in [0.25, 0.3) is 0 Å². The van der Waals surface area contributed by atoms with E-state index in [1.165, 1.54) is 11.8 Å². The average molecular weight is 471 g/mol. The van der Waals surface area contributed by atoms with Crippen LogP contribution in [0.5, 0.6) is 0 Å². The predicted octanol–water partition coefficient (Wildman–Crippen LogP) is 2.74. The molecule has 0 radical (unpaired) electrons. The largest absolute Gasteiger partial charge is 0.357 e. The van der Waals surface area contributed by atoms with Crippen LogP contribution in [0, 0.1) is 0 Å². The summed E-state index contributed by atoms with van der Waals surface area (Å²) in [5.41, 5.74) is 0. The van der Waals surface area contributed by atoms with E-state index in [1.807, 2.05) is 31.2 Å². The van der Waals surface area contributed by atoms with Crippen LogP contribution in [0.3, 0.4) is 0 Å². The summed E-state index contributed by atoms with van der Waals surface area (Å²) in [5.74, 6) is 1.66. The first-order valence-corrected chi connectivity index (χ1v) is 8.63. The van der Waals surface area contributed by atoms with Gasteiger partial charge in [-0.25, -0.2) is 0 Å². The summed E-state index contributed by atoms with van der Waals surface area (Å²) in [6.07, 6.45) is 0. The van der Waals surface area contributed by atoms with E-state index in [4.69, 9.17) is 11.6 Å². The molecule has 1 aromatic rings. The Labute approximate surface area is 164 Å². The highest BCUT2D eigenvalue weighted by atomic mass is 127. The highest BCUT2D eigenvalue weighted by Gasteiger charge is 1.98. The number of rotatable bonds is 8. The van der Waals surface area contributed by atoms with E-state index >= 15 is 0 Å². The highest BCUT2D eigenvalue weighted by Crippen LogP contribution is 2.19. The number of benzene rings is 1. The number of aliphatic imine (C=N–C) groups is 1. The van der Waals surface area contributed by atoms with E-state index < -0.39 is 0 Å². The molecule has 0 saturated carbocycles. The van der Waals surface area contributed by atoms with Crippen molar-refractivity contribution in [3.05, 3.63) is 29.3 Å². The molecule has 3 N–H and O–H groups in total. The van der Waals surface area contributed by atoms with Gasteiger partial charge >= 0.3 is 0 Å². The van der Waals surface area contributed by atoms with E-state index in [2.05, 4.69) is 20.9 Å². The van der Waals surface area contributed by atoms with Gasteiger partial charge in [0.15, 0.2) is 5.96 Å². The van der Waals surface area contributed by atoms with Crippen LogP contribution in [-0.2, 0) is 4.79 Å². The molecule has 130 valence electrons. The molecule has 0 fully saturated rings. The number of nitrogens with one attached hydrogen (secondary N) is 3. The molecule has 0 aliphatic rings. The summed E-state index contributed by atoms with van der Waals surface area (Å²) in [6.45, 7) is 6.23. The van der Waals surface area contributed by atoms with Crippen LogP contribution in [-0.4, -0.2) is 43.8 Å². The van der Waals surface area contributed by atoms with Crippen LogP contribution in [0.2, 0.25) is 5.02 Å². The Bertz CT molecular complexity index is 485. The second-order valence-electron chi connectivity index (χ2n) is 4.47. The van der Waals surface area contributed by atoms with Crippen molar-refractivity contribution in [3.63, 3.8) is 0 Å². The lowest BCUT2D eigenvalue weighted by molar-refractivity contribution is -0.118. The SMILES string of the molecule is CCNC(=NCCNC(C)=O)NCCSc1ccc(Cl)cc1.I. The zero-order chi connectivity index (χ0) is 16.2. The molecule has 0 unspecified atom stereocenters. The number of hydrogen-bond acceptors (Lipinski definition) is 3. The standard InChI is InChI=1S/C15H23ClN4OS.HI/c1-3-17-15(19-9-8-18-12(2)21)20-10-11-22-14-6-4-13(16)5-7-14;/h4-7H,3,8-11H2,1-2H3,(H,18,21)(H2,17,19,20);1H. The number of halogens is 2. The van der Waals surface area contributed by atoms with Crippen LogP contribution in [0.1, 0.15) is 13.8 Å². The minimum Gasteiger partial charge on any atom is -0.357 e. The molecule has 0 saturated heterocycles. The summed E-state index contributed by atoms with van der Waals surface area (Å²) >= 11 is 7.62. The third-order valence-corrected chi connectivity index (χ3v) is 3.84. The third kappa shape index (κ3) is 11.5. The number of thioether (sulfide) groups is 1. The Hall–Kier alpha value is -0.670. The first-order valence-electron chi connectivity index (χ1n) is 7.26. The van der Waals surface area contributed by atoms with Crippen LogP contribution in [0.4, 0.5) is 0 Å². The van der Waals surface area contributed by atoms with Crippen LogP contribution >= 0.6 is 47.3 Å². The van der Waals surface area contributed by atoms with Crippen molar-refractivity contribution in [1.82, 2.24) is 16.0 Å². The van der Waals surface area contributed by atoms with Gasteiger partial charge in [-0.1, -0.05) is 11.6 Å². The topological polar surface area (TPSA) is 65.5 Å². The minimum absolute atomic E-state index is 0. The Morgan fingerprint density at radius 1 is 1.17 bits per heavy atom. The molecular weight excluding hydrogens is 447 g/mol. The molecule has 0 heterocycles. The summed E-state index contributed by atoms with van der Waals surface area (Å²) in [5, 5.41) is 9.92. The smallest absolute Gasteiger partial charge is 0.216 e. The van der Waals surface area contributed by atoms with E-state index in [0.29, 0.717) is 13.1 Å². The van der Waals surface area contributed by atoms with E-state index in [9.17, 15) is 4.79 Å². The first-order chi connectivity index (χ1) is 10.6.